The van der Waals surface area contributed by atoms with Crippen molar-refractivity contribution in [3.8, 4) is 6.07 Å². The van der Waals surface area contributed by atoms with Crippen LogP contribution in [0.2, 0.25) is 0 Å². The number of rotatable bonds is 5. The summed E-state index contributed by atoms with van der Waals surface area (Å²) in [5, 5.41) is 12.9. The van der Waals surface area contributed by atoms with Gasteiger partial charge >= 0.3 is 5.97 Å². The molecule has 3 rings (SSSR count). The Hall–Kier alpha value is -2.31. The number of thioether (sulfide) groups is 1. The van der Waals surface area contributed by atoms with Crippen molar-refractivity contribution in [2.45, 2.75) is 31.6 Å². The summed E-state index contributed by atoms with van der Waals surface area (Å²) in [5.41, 5.74) is 0.898. The van der Waals surface area contributed by atoms with Gasteiger partial charge in [0.05, 0.1) is 29.5 Å². The van der Waals surface area contributed by atoms with Crippen molar-refractivity contribution >= 4 is 45.5 Å². The van der Waals surface area contributed by atoms with Crippen LogP contribution in [0.15, 0.2) is 39.3 Å². The number of carbonyl (C=O) groups is 3. The molecular formula is C22H24BrN3O4S. The molecule has 0 unspecified atom stereocenters. The average molecular weight is 506 g/mol. The van der Waals surface area contributed by atoms with Crippen LogP contribution >= 0.6 is 27.7 Å². The second kappa shape index (κ2) is 10.8. The fraction of sp³-hybridized carbons (Fsp3) is 0.455. The molecule has 2 heterocycles. The minimum Gasteiger partial charge on any atom is -0.468 e. The van der Waals surface area contributed by atoms with Crippen LogP contribution in [0, 0.1) is 17.2 Å². The van der Waals surface area contributed by atoms with Crippen LogP contribution in [-0.4, -0.2) is 48.6 Å². The van der Waals surface area contributed by atoms with Crippen molar-refractivity contribution < 1.29 is 19.1 Å². The largest absolute Gasteiger partial charge is 0.468 e. The maximum Gasteiger partial charge on any atom is 0.319 e. The third-order valence-electron chi connectivity index (χ3n) is 5.49. The fourth-order valence-corrected chi connectivity index (χ4v) is 5.29. The van der Waals surface area contributed by atoms with Gasteiger partial charge < -0.3 is 15.0 Å². The van der Waals surface area contributed by atoms with Crippen LogP contribution in [0.5, 0.6) is 0 Å². The number of methoxy groups -OCH3 is 1. The summed E-state index contributed by atoms with van der Waals surface area (Å²) >= 11 is 4.54. The quantitative estimate of drug-likeness (QED) is 0.486. The molecule has 1 saturated heterocycles. The lowest BCUT2D eigenvalue weighted by molar-refractivity contribution is -0.150. The van der Waals surface area contributed by atoms with E-state index in [-0.39, 0.29) is 17.2 Å². The van der Waals surface area contributed by atoms with Gasteiger partial charge in [-0.2, -0.15) is 5.26 Å². The second-order valence-electron chi connectivity index (χ2n) is 7.46. The third-order valence-corrected chi connectivity index (χ3v) is 6.99. The molecular weight excluding hydrogens is 482 g/mol. The zero-order valence-electron chi connectivity index (χ0n) is 17.2. The highest BCUT2D eigenvalue weighted by Crippen LogP contribution is 2.40. The number of nitriles is 1. The molecule has 0 saturated carbocycles. The van der Waals surface area contributed by atoms with Crippen LogP contribution in [0.4, 0.5) is 0 Å². The van der Waals surface area contributed by atoms with Gasteiger partial charge in [-0.25, -0.2) is 0 Å². The first kappa shape index (κ1) is 23.4. The van der Waals surface area contributed by atoms with Crippen LogP contribution < -0.4 is 5.32 Å². The Kier molecular flexibility index (Phi) is 8.15. The predicted molar refractivity (Wildman–Crippen MR) is 121 cm³/mol. The number of hydrogen-bond donors (Lipinski definition) is 1. The Morgan fingerprint density at radius 2 is 2.00 bits per heavy atom. The molecule has 2 aliphatic rings. The Morgan fingerprint density at radius 3 is 2.61 bits per heavy atom. The van der Waals surface area contributed by atoms with Gasteiger partial charge in [0.1, 0.15) is 5.92 Å². The predicted octanol–water partition coefficient (Wildman–Crippen LogP) is 3.32. The Morgan fingerprint density at radius 1 is 1.29 bits per heavy atom. The molecule has 9 heteroatoms. The third kappa shape index (κ3) is 5.49. The highest BCUT2D eigenvalue weighted by Gasteiger charge is 2.44. The SMILES string of the molecule is COC(=O)[C@@H]1C(=O)NC(SCC(=O)N2CCCCCC2)=C(C#N)[C@@H]1c1cccc(Br)c1. The Labute approximate surface area is 194 Å². The van der Waals surface area contributed by atoms with E-state index < -0.39 is 23.7 Å². The lowest BCUT2D eigenvalue weighted by Gasteiger charge is -2.31. The van der Waals surface area contributed by atoms with E-state index in [1.54, 1.807) is 18.2 Å². The standard InChI is InChI=1S/C22H24BrN3O4S/c1-30-22(29)19-18(14-7-6-8-15(23)11-14)16(12-24)21(25-20(19)28)31-13-17(27)26-9-4-2-3-5-10-26/h6-8,11,18-19H,2-5,9-10,13H2,1H3,(H,25,28)/t18-,19-/m0/s1. The van der Waals surface area contributed by atoms with E-state index in [9.17, 15) is 19.6 Å². The number of benzene rings is 1. The first-order chi connectivity index (χ1) is 15.0. The van der Waals surface area contributed by atoms with Crippen LogP contribution in [0.1, 0.15) is 37.2 Å². The number of allylic oxidation sites excluding steroid dienone is 1. The van der Waals surface area contributed by atoms with Crippen LogP contribution in [-0.2, 0) is 19.1 Å². The van der Waals surface area contributed by atoms with E-state index in [4.69, 9.17) is 4.74 Å². The van der Waals surface area contributed by atoms with Crippen molar-refractivity contribution in [2.24, 2.45) is 5.92 Å². The highest BCUT2D eigenvalue weighted by atomic mass is 79.9. The van der Waals surface area contributed by atoms with Crippen molar-refractivity contribution in [3.63, 3.8) is 0 Å². The molecule has 7 nitrogen and oxygen atoms in total. The highest BCUT2D eigenvalue weighted by molar-refractivity contribution is 9.10. The zero-order chi connectivity index (χ0) is 22.4. The number of carbonyl (C=O) groups excluding carboxylic acids is 3. The number of likely N-dealkylation sites (tertiary alicyclic amines) is 1. The van der Waals surface area contributed by atoms with Gasteiger partial charge in [-0.15, -0.1) is 0 Å². The van der Waals surface area contributed by atoms with Gasteiger partial charge in [-0.1, -0.05) is 52.7 Å². The molecule has 0 bridgehead atoms. The van der Waals surface area contributed by atoms with Crippen LogP contribution in [0.25, 0.3) is 0 Å². The van der Waals surface area contributed by atoms with E-state index in [2.05, 4.69) is 27.3 Å². The molecule has 2 aliphatic heterocycles. The number of ether oxygens (including phenoxy) is 1. The summed E-state index contributed by atoms with van der Waals surface area (Å²) < 4.78 is 5.61. The topological polar surface area (TPSA) is 99.5 Å². The van der Waals surface area contributed by atoms with E-state index >= 15 is 0 Å². The lowest BCUT2D eigenvalue weighted by atomic mass is 9.78. The maximum atomic E-state index is 12.9. The summed E-state index contributed by atoms with van der Waals surface area (Å²) in [6.45, 7) is 1.47. The van der Waals surface area contributed by atoms with E-state index in [0.29, 0.717) is 10.6 Å². The Bertz CT molecular complexity index is 935. The molecule has 0 radical (unpaired) electrons. The van der Waals surface area contributed by atoms with Crippen molar-refractivity contribution in [2.75, 3.05) is 26.0 Å². The maximum absolute atomic E-state index is 12.9. The smallest absolute Gasteiger partial charge is 0.319 e. The molecule has 1 fully saturated rings. The van der Waals surface area contributed by atoms with Gasteiger partial charge in [0.25, 0.3) is 0 Å². The average Bonchev–Trinajstić information content (AvgIpc) is 3.06. The molecule has 1 aromatic rings. The molecule has 1 aromatic carbocycles. The van der Waals surface area contributed by atoms with Gasteiger partial charge in [0.2, 0.25) is 11.8 Å². The number of amides is 2. The molecule has 2 amide bonds. The van der Waals surface area contributed by atoms with E-state index in [0.717, 1.165) is 55.0 Å². The van der Waals surface area contributed by atoms with Gasteiger partial charge in [-0.3, -0.25) is 14.4 Å². The molecule has 0 aliphatic carbocycles. The fourth-order valence-electron chi connectivity index (χ4n) is 3.92. The van der Waals surface area contributed by atoms with E-state index in [1.807, 2.05) is 11.0 Å². The molecule has 31 heavy (non-hydrogen) atoms. The minimum atomic E-state index is -1.18. The molecule has 1 N–H and O–H groups in total. The summed E-state index contributed by atoms with van der Waals surface area (Å²) in [4.78, 5) is 39.8. The van der Waals surface area contributed by atoms with Gasteiger partial charge in [-0.05, 0) is 30.5 Å². The first-order valence-electron chi connectivity index (χ1n) is 10.1. The number of esters is 1. The summed E-state index contributed by atoms with van der Waals surface area (Å²) in [6.07, 6.45) is 4.23. The minimum absolute atomic E-state index is 0.0139. The molecule has 0 aromatic heterocycles. The molecule has 164 valence electrons. The Balaban J connectivity index is 1.90. The summed E-state index contributed by atoms with van der Waals surface area (Å²) in [5.74, 6) is -3.12. The molecule has 0 spiro atoms. The van der Waals surface area contributed by atoms with Gasteiger partial charge in [0, 0.05) is 23.5 Å². The normalized spacial score (nSPS) is 21.7. The van der Waals surface area contributed by atoms with Crippen LogP contribution in [0.3, 0.4) is 0 Å². The number of hydrogen-bond acceptors (Lipinski definition) is 6. The summed E-state index contributed by atoms with van der Waals surface area (Å²) in [7, 11) is 1.22. The summed E-state index contributed by atoms with van der Waals surface area (Å²) in [6, 6.07) is 9.32. The second-order valence-corrected chi connectivity index (χ2v) is 9.36. The monoisotopic (exact) mass is 505 g/mol. The zero-order valence-corrected chi connectivity index (χ0v) is 19.6. The number of nitrogens with zero attached hydrogens (tertiary/aromatic N) is 2. The number of nitrogens with one attached hydrogen (secondary N) is 1. The first-order valence-corrected chi connectivity index (χ1v) is 11.9. The van der Waals surface area contributed by atoms with Gasteiger partial charge in [0.15, 0.2) is 0 Å². The van der Waals surface area contributed by atoms with E-state index in [1.165, 1.54) is 7.11 Å². The molecule has 2 atom stereocenters. The van der Waals surface area contributed by atoms with Crippen molar-refractivity contribution in [1.29, 1.82) is 5.26 Å². The van der Waals surface area contributed by atoms with Crippen molar-refractivity contribution in [3.05, 3.63) is 44.9 Å². The number of halogens is 1. The van der Waals surface area contributed by atoms with Crippen molar-refractivity contribution in [1.82, 2.24) is 10.2 Å². The lowest BCUT2D eigenvalue weighted by Crippen LogP contribution is -2.44.